The molecule has 220 valence electrons. The number of sulfone groups is 1. The molecule has 0 fully saturated rings. The van der Waals surface area contributed by atoms with Crippen LogP contribution in [0.15, 0.2) is 115 Å². The minimum absolute atomic E-state index is 0.0309. The van der Waals surface area contributed by atoms with E-state index in [1.54, 1.807) is 35.2 Å². The molecule has 0 atom stereocenters. The van der Waals surface area contributed by atoms with Crippen LogP contribution in [-0.4, -0.2) is 14.2 Å². The standard InChI is InChI=1S/C21H15ClOS2.C13H6Cl2O3S/c1-12-7-8-13(2)18(11-12)24-17-10-9-15-20(23)14-5-3-4-6-16(14)25-21(15)19(17)22;14-9-6-5-8-12(16)7-3-1-2-4-10(7)19(17,18)13(8)11(9)15/h3-11H,1-2H3;1-6H. The summed E-state index contributed by atoms with van der Waals surface area (Å²) in [5, 5.41) is 2.11. The molecule has 44 heavy (non-hydrogen) atoms. The van der Waals surface area contributed by atoms with E-state index in [1.807, 2.05) is 36.4 Å². The predicted molar refractivity (Wildman–Crippen MR) is 182 cm³/mol. The molecule has 0 radical (unpaired) electrons. The summed E-state index contributed by atoms with van der Waals surface area (Å²) in [6, 6.07) is 26.8. The van der Waals surface area contributed by atoms with Gasteiger partial charge >= 0.3 is 0 Å². The monoisotopic (exact) mass is 694 g/mol. The highest BCUT2D eigenvalue weighted by molar-refractivity contribution is 7.99. The molecule has 0 aliphatic carbocycles. The molecule has 7 rings (SSSR count). The molecule has 5 aromatic carbocycles. The van der Waals surface area contributed by atoms with Gasteiger partial charge in [-0.25, -0.2) is 8.42 Å². The number of carbonyl (C=O) groups excluding carboxylic acids is 1. The first-order valence-electron chi connectivity index (χ1n) is 13.2. The number of halogens is 3. The summed E-state index contributed by atoms with van der Waals surface area (Å²) in [7, 11) is -3.82. The van der Waals surface area contributed by atoms with E-state index in [2.05, 4.69) is 32.0 Å². The third-order valence-corrected chi connectivity index (χ3v) is 13.1. The van der Waals surface area contributed by atoms with E-state index in [-0.39, 0.29) is 42.2 Å². The Labute approximate surface area is 277 Å². The lowest BCUT2D eigenvalue weighted by molar-refractivity contribution is 0.103. The van der Waals surface area contributed by atoms with Crippen LogP contribution in [0.5, 0.6) is 0 Å². The van der Waals surface area contributed by atoms with Gasteiger partial charge in [-0.05, 0) is 79.6 Å². The SMILES string of the molecule is Cc1ccc(C)c(Sc2ccc3c(=O)c4ccccc4sc3c2Cl)c1.O=C1c2ccccc2S(=O)(=O)c2c1ccc(Cl)c2Cl. The highest BCUT2D eigenvalue weighted by Gasteiger charge is 2.37. The van der Waals surface area contributed by atoms with Gasteiger partial charge in [0.1, 0.15) is 4.90 Å². The summed E-state index contributed by atoms with van der Waals surface area (Å²) in [5.41, 5.74) is 2.72. The van der Waals surface area contributed by atoms with Crippen molar-refractivity contribution in [1.82, 2.24) is 0 Å². The molecular formula is C34H21Cl3O4S3. The third-order valence-electron chi connectivity index (χ3n) is 7.20. The topological polar surface area (TPSA) is 68.3 Å². The van der Waals surface area contributed by atoms with Gasteiger partial charge in [-0.2, -0.15) is 0 Å². The number of fused-ring (bicyclic) bond motifs is 4. The number of hydrogen-bond donors (Lipinski definition) is 0. The fourth-order valence-electron chi connectivity index (χ4n) is 4.95. The van der Waals surface area contributed by atoms with Crippen LogP contribution in [0.4, 0.5) is 0 Å². The fraction of sp³-hybridized carbons (Fsp3) is 0.0588. The Morgan fingerprint density at radius 3 is 2.23 bits per heavy atom. The lowest BCUT2D eigenvalue weighted by Gasteiger charge is -2.19. The quantitative estimate of drug-likeness (QED) is 0.168. The molecule has 0 saturated heterocycles. The van der Waals surface area contributed by atoms with Gasteiger partial charge in [0.05, 0.1) is 24.7 Å². The van der Waals surface area contributed by atoms with Crippen molar-refractivity contribution in [2.45, 2.75) is 33.4 Å². The third kappa shape index (κ3) is 5.36. The second kappa shape index (κ2) is 12.0. The van der Waals surface area contributed by atoms with E-state index in [9.17, 15) is 18.0 Å². The van der Waals surface area contributed by atoms with Gasteiger partial charge in [0.15, 0.2) is 11.2 Å². The molecule has 0 N–H and O–H groups in total. The van der Waals surface area contributed by atoms with Crippen LogP contribution < -0.4 is 5.43 Å². The molecule has 0 unspecified atom stereocenters. The van der Waals surface area contributed by atoms with E-state index < -0.39 is 9.84 Å². The molecule has 1 aromatic heterocycles. The molecule has 1 aliphatic heterocycles. The van der Waals surface area contributed by atoms with E-state index in [4.69, 9.17) is 34.8 Å². The molecule has 4 nitrogen and oxygen atoms in total. The van der Waals surface area contributed by atoms with Crippen molar-refractivity contribution in [2.75, 3.05) is 0 Å². The molecule has 0 spiro atoms. The van der Waals surface area contributed by atoms with Crippen molar-refractivity contribution in [3.8, 4) is 0 Å². The summed E-state index contributed by atoms with van der Waals surface area (Å²) in [5.74, 6) is -0.362. The van der Waals surface area contributed by atoms with Crippen LogP contribution in [0.3, 0.4) is 0 Å². The van der Waals surface area contributed by atoms with Gasteiger partial charge < -0.3 is 0 Å². The Bertz CT molecular complexity index is 2330. The van der Waals surface area contributed by atoms with Gasteiger partial charge in [0.25, 0.3) is 0 Å². The maximum atomic E-state index is 12.7. The van der Waals surface area contributed by atoms with Crippen molar-refractivity contribution in [1.29, 1.82) is 0 Å². The highest BCUT2D eigenvalue weighted by atomic mass is 35.5. The Hall–Kier alpha value is -3.17. The molecule has 6 aromatic rings. The van der Waals surface area contributed by atoms with Crippen LogP contribution >= 0.6 is 57.9 Å². The van der Waals surface area contributed by atoms with Crippen LogP contribution in [0.2, 0.25) is 15.1 Å². The average molecular weight is 696 g/mol. The van der Waals surface area contributed by atoms with Crippen molar-refractivity contribution >= 4 is 93.7 Å². The molecule has 10 heteroatoms. The Morgan fingerprint density at radius 1 is 0.705 bits per heavy atom. The van der Waals surface area contributed by atoms with Crippen molar-refractivity contribution in [2.24, 2.45) is 0 Å². The van der Waals surface area contributed by atoms with E-state index in [0.29, 0.717) is 10.4 Å². The zero-order valence-electron chi connectivity index (χ0n) is 23.2. The van der Waals surface area contributed by atoms with E-state index in [1.165, 1.54) is 40.3 Å². The van der Waals surface area contributed by atoms with Gasteiger partial charge in [-0.15, -0.1) is 11.3 Å². The van der Waals surface area contributed by atoms with Crippen molar-refractivity contribution in [3.63, 3.8) is 0 Å². The fourth-order valence-corrected chi connectivity index (χ4v) is 9.96. The summed E-state index contributed by atoms with van der Waals surface area (Å²) >= 11 is 21.7. The lowest BCUT2D eigenvalue weighted by Crippen LogP contribution is -2.20. The van der Waals surface area contributed by atoms with Crippen LogP contribution in [0.1, 0.15) is 27.0 Å². The first-order chi connectivity index (χ1) is 21.0. The summed E-state index contributed by atoms with van der Waals surface area (Å²) in [6.45, 7) is 4.19. The Morgan fingerprint density at radius 2 is 1.43 bits per heavy atom. The first kappa shape index (κ1) is 30.8. The number of carbonyl (C=O) groups is 1. The zero-order chi connectivity index (χ0) is 31.3. The number of hydrogen-bond acceptors (Lipinski definition) is 6. The second-order valence-electron chi connectivity index (χ2n) is 10.1. The normalized spacial score (nSPS) is 13.2. The zero-order valence-corrected chi connectivity index (χ0v) is 27.9. The largest absolute Gasteiger partial charge is 0.289 e. The average Bonchev–Trinajstić information content (AvgIpc) is 3.01. The summed E-state index contributed by atoms with van der Waals surface area (Å²) in [4.78, 5) is 27.0. The predicted octanol–water partition coefficient (Wildman–Crippen LogP) is 10.2. The summed E-state index contributed by atoms with van der Waals surface area (Å²) < 4.78 is 26.9. The van der Waals surface area contributed by atoms with Gasteiger partial charge in [0, 0.05) is 36.4 Å². The van der Waals surface area contributed by atoms with E-state index in [0.717, 1.165) is 19.7 Å². The van der Waals surface area contributed by atoms with Crippen LogP contribution in [0.25, 0.3) is 20.2 Å². The molecular weight excluding hydrogens is 675 g/mol. The Balaban J connectivity index is 0.000000162. The minimum atomic E-state index is -3.82. The molecule has 1 aliphatic rings. The minimum Gasteiger partial charge on any atom is -0.289 e. The van der Waals surface area contributed by atoms with Crippen LogP contribution in [-0.2, 0) is 9.84 Å². The van der Waals surface area contributed by atoms with Gasteiger partial charge in [-0.1, -0.05) is 83.0 Å². The van der Waals surface area contributed by atoms with Crippen LogP contribution in [0, 0.1) is 13.8 Å². The molecule has 0 amide bonds. The Kier molecular flexibility index (Phi) is 8.39. The maximum Gasteiger partial charge on any atom is 0.209 e. The smallest absolute Gasteiger partial charge is 0.209 e. The number of rotatable bonds is 2. The molecule has 0 saturated carbocycles. The molecule has 0 bridgehead atoms. The lowest BCUT2D eigenvalue weighted by atomic mass is 10.0. The number of aryl methyl sites for hydroxylation is 2. The highest BCUT2D eigenvalue weighted by Crippen LogP contribution is 2.42. The number of benzene rings is 5. The van der Waals surface area contributed by atoms with Gasteiger partial charge in [0.2, 0.25) is 9.84 Å². The van der Waals surface area contributed by atoms with Crippen molar-refractivity contribution < 1.29 is 13.2 Å². The van der Waals surface area contributed by atoms with E-state index >= 15 is 0 Å². The maximum absolute atomic E-state index is 12.7. The first-order valence-corrected chi connectivity index (χ1v) is 17.5. The molecule has 2 heterocycles. The van der Waals surface area contributed by atoms with Gasteiger partial charge in [-0.3, -0.25) is 9.59 Å². The van der Waals surface area contributed by atoms with Crippen molar-refractivity contribution in [3.05, 3.63) is 139 Å². The summed E-state index contributed by atoms with van der Waals surface area (Å²) in [6.07, 6.45) is 0. The second-order valence-corrected chi connectivity index (χ2v) is 15.3. The number of ketones is 1.